The average Bonchev–Trinajstić information content (AvgIpc) is 2.97. The molecule has 35 heavy (non-hydrogen) atoms. The highest BCUT2D eigenvalue weighted by molar-refractivity contribution is 6.10. The molecule has 5 amide bonds. The molecule has 2 aliphatic heterocycles. The van der Waals surface area contributed by atoms with Crippen LogP contribution >= 0.6 is 0 Å². The molecule has 0 radical (unpaired) electrons. The van der Waals surface area contributed by atoms with Crippen molar-refractivity contribution in [2.45, 2.75) is 25.8 Å². The Balaban J connectivity index is 1.51. The molecule has 11 nitrogen and oxygen atoms in total. The first-order valence-corrected chi connectivity index (χ1v) is 11.0. The molecule has 11 heteroatoms. The zero-order chi connectivity index (χ0) is 25.2. The van der Waals surface area contributed by atoms with Gasteiger partial charge in [0.1, 0.15) is 17.8 Å². The van der Waals surface area contributed by atoms with Crippen molar-refractivity contribution in [3.8, 4) is 17.2 Å². The van der Waals surface area contributed by atoms with Gasteiger partial charge in [-0.15, -0.1) is 0 Å². The molecular formula is C24H26N4O7. The normalized spacial score (nSPS) is 19.0. The topological polar surface area (TPSA) is 135 Å². The third kappa shape index (κ3) is 4.84. The summed E-state index contributed by atoms with van der Waals surface area (Å²) in [6.07, 6.45) is 0.734. The molecule has 0 aromatic heterocycles. The molecule has 1 fully saturated rings. The fourth-order valence-corrected chi connectivity index (χ4v) is 3.93. The van der Waals surface area contributed by atoms with Crippen molar-refractivity contribution in [2.24, 2.45) is 0 Å². The van der Waals surface area contributed by atoms with Gasteiger partial charge in [0.2, 0.25) is 11.8 Å². The Hall–Kier alpha value is -4.28. The predicted molar refractivity (Wildman–Crippen MR) is 126 cm³/mol. The molecule has 1 saturated heterocycles. The van der Waals surface area contributed by atoms with Gasteiger partial charge in [-0.05, 0) is 42.8 Å². The maximum absolute atomic E-state index is 13.3. The Kier molecular flexibility index (Phi) is 6.50. The van der Waals surface area contributed by atoms with Crippen LogP contribution in [-0.4, -0.2) is 55.5 Å². The van der Waals surface area contributed by atoms with Gasteiger partial charge in [-0.1, -0.05) is 6.07 Å². The van der Waals surface area contributed by atoms with Crippen LogP contribution in [0.2, 0.25) is 0 Å². The van der Waals surface area contributed by atoms with Crippen molar-refractivity contribution < 1.29 is 33.4 Å². The minimum absolute atomic E-state index is 0.277. The van der Waals surface area contributed by atoms with E-state index >= 15 is 0 Å². The molecule has 0 unspecified atom stereocenters. The van der Waals surface area contributed by atoms with Crippen molar-refractivity contribution in [1.82, 2.24) is 10.2 Å². The van der Waals surface area contributed by atoms with E-state index in [4.69, 9.17) is 14.2 Å². The highest BCUT2D eigenvalue weighted by Crippen LogP contribution is 2.36. The van der Waals surface area contributed by atoms with Crippen LogP contribution in [0.1, 0.15) is 25.8 Å². The lowest BCUT2D eigenvalue weighted by atomic mass is 9.91. The van der Waals surface area contributed by atoms with Gasteiger partial charge >= 0.3 is 6.03 Å². The van der Waals surface area contributed by atoms with Gasteiger partial charge in [0.25, 0.3) is 5.91 Å². The third-order valence-corrected chi connectivity index (χ3v) is 5.70. The molecule has 2 aromatic carbocycles. The second-order valence-corrected chi connectivity index (χ2v) is 8.30. The lowest BCUT2D eigenvalue weighted by molar-refractivity contribution is -0.133. The first-order chi connectivity index (χ1) is 16.7. The minimum Gasteiger partial charge on any atom is -0.495 e. The first-order valence-electron chi connectivity index (χ1n) is 11.0. The molecule has 0 aliphatic carbocycles. The highest BCUT2D eigenvalue weighted by Gasteiger charge is 2.49. The van der Waals surface area contributed by atoms with E-state index in [2.05, 4.69) is 16.0 Å². The van der Waals surface area contributed by atoms with Gasteiger partial charge in [-0.25, -0.2) is 4.79 Å². The summed E-state index contributed by atoms with van der Waals surface area (Å²) < 4.78 is 16.6. The zero-order valence-corrected chi connectivity index (χ0v) is 19.6. The maximum Gasteiger partial charge on any atom is 0.325 e. The number of imide groups is 1. The largest absolute Gasteiger partial charge is 0.495 e. The number of nitrogens with one attached hydrogen (secondary N) is 3. The zero-order valence-electron chi connectivity index (χ0n) is 19.6. The maximum atomic E-state index is 13.3. The summed E-state index contributed by atoms with van der Waals surface area (Å²) in [6.45, 7) is 3.43. The number of urea groups is 1. The van der Waals surface area contributed by atoms with Crippen molar-refractivity contribution in [2.75, 3.05) is 37.5 Å². The molecule has 0 bridgehead atoms. The number of benzene rings is 2. The smallest absolute Gasteiger partial charge is 0.325 e. The molecule has 1 atom stereocenters. The summed E-state index contributed by atoms with van der Waals surface area (Å²) in [5, 5.41) is 7.93. The number of hydrogen-bond donors (Lipinski definition) is 3. The number of carbonyl (C=O) groups is 4. The van der Waals surface area contributed by atoms with Crippen molar-refractivity contribution in [1.29, 1.82) is 0 Å². The summed E-state index contributed by atoms with van der Waals surface area (Å²) in [4.78, 5) is 50.9. The van der Waals surface area contributed by atoms with E-state index in [9.17, 15) is 19.2 Å². The number of anilines is 2. The lowest BCUT2D eigenvalue weighted by Crippen LogP contribution is -2.42. The minimum atomic E-state index is -1.38. The number of fused-ring (bicyclic) bond motifs is 1. The van der Waals surface area contributed by atoms with Crippen LogP contribution in [0.25, 0.3) is 0 Å². The number of methoxy groups -OCH3 is 1. The Morgan fingerprint density at radius 3 is 2.54 bits per heavy atom. The van der Waals surface area contributed by atoms with Crippen molar-refractivity contribution in [3.63, 3.8) is 0 Å². The standard InChI is InChI=1S/C24H26N4O7/c1-14(29)25-16-6-8-18(33-3)17(12-16)26-21(30)13-28-22(31)24(2,27-23(28)32)15-5-7-19-20(11-15)35-10-4-9-34-19/h5-8,11-12H,4,9-10,13H2,1-3H3,(H,25,29)(H,26,30)(H,27,32)/t24-/m1/s1. The molecule has 2 heterocycles. The number of hydrogen-bond acceptors (Lipinski definition) is 7. The molecule has 0 saturated carbocycles. The average molecular weight is 482 g/mol. The van der Waals surface area contributed by atoms with E-state index in [0.717, 1.165) is 11.3 Å². The molecule has 2 aliphatic rings. The number of nitrogens with zero attached hydrogens (tertiary/aromatic N) is 1. The molecular weight excluding hydrogens is 456 g/mol. The fraction of sp³-hybridized carbons (Fsp3) is 0.333. The number of carbonyl (C=O) groups excluding carboxylic acids is 4. The van der Waals surface area contributed by atoms with E-state index in [-0.39, 0.29) is 11.6 Å². The molecule has 3 N–H and O–H groups in total. The van der Waals surface area contributed by atoms with Crippen LogP contribution in [0.15, 0.2) is 36.4 Å². The molecule has 2 aromatic rings. The van der Waals surface area contributed by atoms with Crippen LogP contribution < -0.4 is 30.2 Å². The quantitative estimate of drug-likeness (QED) is 0.537. The summed E-state index contributed by atoms with van der Waals surface area (Å²) in [6, 6.07) is 9.08. The van der Waals surface area contributed by atoms with Crippen LogP contribution in [0.3, 0.4) is 0 Å². The van der Waals surface area contributed by atoms with Crippen LogP contribution in [0.5, 0.6) is 17.2 Å². The lowest BCUT2D eigenvalue weighted by Gasteiger charge is -2.23. The Morgan fingerprint density at radius 2 is 1.83 bits per heavy atom. The molecule has 0 spiro atoms. The van der Waals surface area contributed by atoms with Gasteiger partial charge in [0, 0.05) is 19.0 Å². The van der Waals surface area contributed by atoms with Crippen molar-refractivity contribution in [3.05, 3.63) is 42.0 Å². The summed E-state index contributed by atoms with van der Waals surface area (Å²) in [5.41, 5.74) is -0.148. The Labute approximate surface area is 201 Å². The molecule has 184 valence electrons. The van der Waals surface area contributed by atoms with Gasteiger partial charge in [0.15, 0.2) is 11.5 Å². The van der Waals surface area contributed by atoms with E-state index in [1.165, 1.54) is 20.1 Å². The van der Waals surface area contributed by atoms with Crippen LogP contribution in [-0.2, 0) is 19.9 Å². The summed E-state index contributed by atoms with van der Waals surface area (Å²) in [7, 11) is 1.43. The fourth-order valence-electron chi connectivity index (χ4n) is 3.93. The Morgan fingerprint density at radius 1 is 1.09 bits per heavy atom. The Bertz CT molecular complexity index is 1200. The van der Waals surface area contributed by atoms with E-state index in [0.29, 0.717) is 41.7 Å². The van der Waals surface area contributed by atoms with Gasteiger partial charge in [-0.3, -0.25) is 19.3 Å². The molecule has 4 rings (SSSR count). The SMILES string of the molecule is COc1ccc(NC(C)=O)cc1NC(=O)CN1C(=O)N[C@](C)(c2ccc3c(c2)OCCCO3)C1=O. The second kappa shape index (κ2) is 9.53. The van der Waals surface area contributed by atoms with Gasteiger partial charge in [0.05, 0.1) is 26.0 Å². The first kappa shape index (κ1) is 23.9. The number of amides is 5. The van der Waals surface area contributed by atoms with E-state index in [1.54, 1.807) is 37.3 Å². The van der Waals surface area contributed by atoms with E-state index in [1.807, 2.05) is 0 Å². The monoisotopic (exact) mass is 482 g/mol. The predicted octanol–water partition coefficient (Wildman–Crippen LogP) is 2.22. The van der Waals surface area contributed by atoms with Crippen LogP contribution in [0, 0.1) is 0 Å². The third-order valence-electron chi connectivity index (χ3n) is 5.70. The van der Waals surface area contributed by atoms with Crippen LogP contribution in [0.4, 0.5) is 16.2 Å². The van der Waals surface area contributed by atoms with Gasteiger partial charge in [-0.2, -0.15) is 0 Å². The summed E-state index contributed by atoms with van der Waals surface area (Å²) in [5.74, 6) is -0.0628. The van der Waals surface area contributed by atoms with Crippen molar-refractivity contribution >= 4 is 35.1 Å². The van der Waals surface area contributed by atoms with E-state index < -0.39 is 29.9 Å². The number of ether oxygens (including phenoxy) is 3. The highest BCUT2D eigenvalue weighted by atomic mass is 16.5. The second-order valence-electron chi connectivity index (χ2n) is 8.30. The summed E-state index contributed by atoms with van der Waals surface area (Å²) >= 11 is 0. The number of rotatable bonds is 6. The van der Waals surface area contributed by atoms with Gasteiger partial charge < -0.3 is 30.2 Å².